The Labute approximate surface area is 137 Å². The highest BCUT2D eigenvalue weighted by Gasteiger charge is 1.97. The lowest BCUT2D eigenvalue weighted by atomic mass is 10.2. The highest BCUT2D eigenvalue weighted by atomic mass is 79.9. The van der Waals surface area contributed by atoms with E-state index in [4.69, 9.17) is 10.5 Å². The maximum atomic E-state index is 5.71. The molecular formula is C15H14BrN3OS. The zero-order chi connectivity index (χ0) is 15.1. The first-order valence-electron chi connectivity index (χ1n) is 6.19. The molecule has 2 rings (SSSR count). The maximum Gasteiger partial charge on any atom is 0.184 e. The normalized spacial score (nSPS) is 10.5. The van der Waals surface area contributed by atoms with Crippen molar-refractivity contribution in [2.24, 2.45) is 10.8 Å². The highest BCUT2D eigenvalue weighted by molar-refractivity contribution is 9.10. The van der Waals surface area contributed by atoms with E-state index >= 15 is 0 Å². The van der Waals surface area contributed by atoms with Crippen LogP contribution in [0.5, 0.6) is 5.75 Å². The van der Waals surface area contributed by atoms with Crippen molar-refractivity contribution in [3.05, 3.63) is 64.1 Å². The quantitative estimate of drug-likeness (QED) is 0.486. The lowest BCUT2D eigenvalue weighted by Crippen LogP contribution is -2.23. The van der Waals surface area contributed by atoms with Crippen LogP contribution in [0.1, 0.15) is 11.1 Å². The van der Waals surface area contributed by atoms with Crippen molar-refractivity contribution in [3.63, 3.8) is 0 Å². The van der Waals surface area contributed by atoms with E-state index in [1.165, 1.54) is 0 Å². The Morgan fingerprint density at radius 2 is 1.86 bits per heavy atom. The summed E-state index contributed by atoms with van der Waals surface area (Å²) in [5, 5.41) is 4.03. The molecule has 0 amide bonds. The molecule has 0 unspecified atom stereocenters. The first-order valence-corrected chi connectivity index (χ1v) is 7.39. The van der Waals surface area contributed by atoms with Gasteiger partial charge in [-0.05, 0) is 59.7 Å². The fraction of sp³-hybridized carbons (Fsp3) is 0.0667. The third-order valence-electron chi connectivity index (χ3n) is 2.59. The minimum Gasteiger partial charge on any atom is -0.489 e. The predicted molar refractivity (Wildman–Crippen MR) is 92.4 cm³/mol. The van der Waals surface area contributed by atoms with Gasteiger partial charge in [0, 0.05) is 4.47 Å². The van der Waals surface area contributed by atoms with Crippen LogP contribution < -0.4 is 15.9 Å². The SMILES string of the molecule is NC(=S)N/N=C/c1ccc(OCc2ccc(Br)cc2)cc1. The molecule has 0 aliphatic carbocycles. The van der Waals surface area contributed by atoms with Crippen molar-refractivity contribution in [1.82, 2.24) is 5.43 Å². The van der Waals surface area contributed by atoms with Gasteiger partial charge in [0.25, 0.3) is 0 Å². The molecule has 21 heavy (non-hydrogen) atoms. The zero-order valence-electron chi connectivity index (χ0n) is 11.1. The molecule has 2 aromatic carbocycles. The number of nitrogens with one attached hydrogen (secondary N) is 1. The van der Waals surface area contributed by atoms with Gasteiger partial charge in [0.15, 0.2) is 5.11 Å². The van der Waals surface area contributed by atoms with Gasteiger partial charge >= 0.3 is 0 Å². The monoisotopic (exact) mass is 363 g/mol. The second-order valence-corrected chi connectivity index (χ2v) is 5.57. The topological polar surface area (TPSA) is 59.6 Å². The molecule has 2 aromatic rings. The van der Waals surface area contributed by atoms with Crippen LogP contribution in [0.2, 0.25) is 0 Å². The average Bonchev–Trinajstić information content (AvgIpc) is 2.48. The van der Waals surface area contributed by atoms with Gasteiger partial charge in [-0.3, -0.25) is 5.43 Å². The summed E-state index contributed by atoms with van der Waals surface area (Å²) >= 11 is 8.06. The molecule has 0 saturated carbocycles. The molecule has 4 nitrogen and oxygen atoms in total. The molecule has 0 fully saturated rings. The summed E-state index contributed by atoms with van der Waals surface area (Å²) in [5.41, 5.74) is 9.81. The molecule has 0 bridgehead atoms. The Kier molecular flexibility index (Phi) is 5.71. The molecule has 6 heteroatoms. The standard InChI is InChI=1S/C15H14BrN3OS/c16-13-5-1-12(2-6-13)10-20-14-7-3-11(4-8-14)9-18-19-15(17)21/h1-9H,10H2,(H3,17,19,21)/b18-9+. The molecule has 3 N–H and O–H groups in total. The van der Waals surface area contributed by atoms with Crippen LogP contribution in [0.4, 0.5) is 0 Å². The van der Waals surface area contributed by atoms with Crippen molar-refractivity contribution in [2.45, 2.75) is 6.61 Å². The van der Waals surface area contributed by atoms with E-state index in [0.29, 0.717) is 6.61 Å². The van der Waals surface area contributed by atoms with Crippen molar-refractivity contribution in [2.75, 3.05) is 0 Å². The average molecular weight is 364 g/mol. The molecule has 0 saturated heterocycles. The summed E-state index contributed by atoms with van der Waals surface area (Å²) in [6, 6.07) is 15.6. The molecule has 0 aliphatic heterocycles. The fourth-order valence-corrected chi connectivity index (χ4v) is 1.88. The van der Waals surface area contributed by atoms with Gasteiger partial charge in [-0.2, -0.15) is 5.10 Å². The first-order chi connectivity index (χ1) is 10.1. The van der Waals surface area contributed by atoms with Crippen LogP contribution in [0.25, 0.3) is 0 Å². The number of hydrazone groups is 1. The number of rotatable bonds is 5. The van der Waals surface area contributed by atoms with E-state index in [0.717, 1.165) is 21.3 Å². The first kappa shape index (κ1) is 15.5. The summed E-state index contributed by atoms with van der Waals surface area (Å²) in [5.74, 6) is 0.803. The summed E-state index contributed by atoms with van der Waals surface area (Å²) in [7, 11) is 0. The number of ether oxygens (including phenoxy) is 1. The lowest BCUT2D eigenvalue weighted by Gasteiger charge is -2.06. The number of benzene rings is 2. The molecule has 0 radical (unpaired) electrons. The van der Waals surface area contributed by atoms with Crippen LogP contribution in [-0.4, -0.2) is 11.3 Å². The third kappa shape index (κ3) is 5.53. The van der Waals surface area contributed by atoms with Crippen molar-refractivity contribution in [3.8, 4) is 5.75 Å². The minimum absolute atomic E-state index is 0.140. The van der Waals surface area contributed by atoms with Gasteiger partial charge in [0.05, 0.1) is 6.21 Å². The number of nitrogens with zero attached hydrogens (tertiary/aromatic N) is 1. The minimum atomic E-state index is 0.140. The van der Waals surface area contributed by atoms with Crippen LogP contribution >= 0.6 is 28.1 Å². The van der Waals surface area contributed by atoms with Gasteiger partial charge in [0.1, 0.15) is 12.4 Å². The number of thiocarbonyl (C=S) groups is 1. The molecule has 0 aliphatic rings. The number of halogens is 1. The second-order valence-electron chi connectivity index (χ2n) is 4.22. The molecule has 0 aromatic heterocycles. The van der Waals surface area contributed by atoms with Gasteiger partial charge in [-0.25, -0.2) is 0 Å². The van der Waals surface area contributed by atoms with E-state index in [2.05, 4.69) is 38.7 Å². The molecule has 0 spiro atoms. The highest BCUT2D eigenvalue weighted by Crippen LogP contribution is 2.15. The Bertz CT molecular complexity index is 626. The molecule has 0 atom stereocenters. The third-order valence-corrected chi connectivity index (χ3v) is 3.21. The van der Waals surface area contributed by atoms with Gasteiger partial charge < -0.3 is 10.5 Å². The lowest BCUT2D eigenvalue weighted by molar-refractivity contribution is 0.306. The number of nitrogens with two attached hydrogens (primary N) is 1. The Morgan fingerprint density at radius 3 is 2.48 bits per heavy atom. The summed E-state index contributed by atoms with van der Waals surface area (Å²) in [6.45, 7) is 0.531. The molecular weight excluding hydrogens is 350 g/mol. The van der Waals surface area contributed by atoms with Crippen LogP contribution in [0.15, 0.2) is 58.1 Å². The molecule has 108 valence electrons. The van der Waals surface area contributed by atoms with E-state index in [9.17, 15) is 0 Å². The maximum absolute atomic E-state index is 5.71. The van der Waals surface area contributed by atoms with Crippen LogP contribution in [0.3, 0.4) is 0 Å². The van der Waals surface area contributed by atoms with Crippen molar-refractivity contribution in [1.29, 1.82) is 0 Å². The van der Waals surface area contributed by atoms with E-state index < -0.39 is 0 Å². The smallest absolute Gasteiger partial charge is 0.184 e. The van der Waals surface area contributed by atoms with Crippen LogP contribution in [0, 0.1) is 0 Å². The Hall–Kier alpha value is -1.92. The van der Waals surface area contributed by atoms with E-state index in [-0.39, 0.29) is 5.11 Å². The second kappa shape index (κ2) is 7.75. The number of hydrogen-bond acceptors (Lipinski definition) is 3. The summed E-state index contributed by atoms with van der Waals surface area (Å²) < 4.78 is 6.77. The van der Waals surface area contributed by atoms with Gasteiger partial charge in [0.2, 0.25) is 0 Å². The van der Waals surface area contributed by atoms with E-state index in [1.807, 2.05) is 48.5 Å². The summed E-state index contributed by atoms with van der Waals surface area (Å²) in [4.78, 5) is 0. The molecule has 0 heterocycles. The Morgan fingerprint density at radius 1 is 1.19 bits per heavy atom. The van der Waals surface area contributed by atoms with Crippen molar-refractivity contribution < 1.29 is 4.74 Å². The Balaban J connectivity index is 1.88. The largest absolute Gasteiger partial charge is 0.489 e. The summed E-state index contributed by atoms with van der Waals surface area (Å²) in [6.07, 6.45) is 1.64. The predicted octanol–water partition coefficient (Wildman–Crippen LogP) is 3.20. The number of hydrogen-bond donors (Lipinski definition) is 2. The van der Waals surface area contributed by atoms with Crippen LogP contribution in [-0.2, 0) is 6.61 Å². The van der Waals surface area contributed by atoms with Gasteiger partial charge in [-0.1, -0.05) is 28.1 Å². The zero-order valence-corrected chi connectivity index (χ0v) is 13.5. The van der Waals surface area contributed by atoms with E-state index in [1.54, 1.807) is 6.21 Å². The van der Waals surface area contributed by atoms with Gasteiger partial charge in [-0.15, -0.1) is 0 Å². The van der Waals surface area contributed by atoms with Crippen molar-refractivity contribution >= 4 is 39.5 Å². The fourth-order valence-electron chi connectivity index (χ4n) is 1.57.